The van der Waals surface area contributed by atoms with Gasteiger partial charge in [0, 0.05) is 31.9 Å². The largest absolute Gasteiger partial charge is 0.390 e. The molecule has 86 valence electrons. The maximum atomic E-state index is 11.8. The number of hydrogen-bond acceptors (Lipinski definition) is 2. The van der Waals surface area contributed by atoms with Gasteiger partial charge in [-0.25, -0.2) is 0 Å². The summed E-state index contributed by atoms with van der Waals surface area (Å²) in [5.74, 6) is 0. The SMILES string of the molecule is Cc1nn(C)cc1CNCCC(F)(F)F. The first-order valence-electron chi connectivity index (χ1n) is 4.65. The first kappa shape index (κ1) is 12.0. The van der Waals surface area contributed by atoms with Gasteiger partial charge in [0.2, 0.25) is 0 Å². The lowest BCUT2D eigenvalue weighted by molar-refractivity contribution is -0.133. The lowest BCUT2D eigenvalue weighted by Gasteiger charge is -2.06. The molecule has 1 rings (SSSR count). The highest BCUT2D eigenvalue weighted by Crippen LogP contribution is 2.18. The molecule has 0 aliphatic rings. The van der Waals surface area contributed by atoms with Crippen molar-refractivity contribution in [1.82, 2.24) is 15.1 Å². The summed E-state index contributed by atoms with van der Waals surface area (Å²) in [4.78, 5) is 0. The summed E-state index contributed by atoms with van der Waals surface area (Å²) >= 11 is 0. The molecule has 0 saturated heterocycles. The summed E-state index contributed by atoms with van der Waals surface area (Å²) in [5, 5.41) is 6.83. The second kappa shape index (κ2) is 4.65. The standard InChI is InChI=1S/C9H14F3N3/c1-7-8(6-15(2)14-7)5-13-4-3-9(10,11)12/h6,13H,3-5H2,1-2H3. The van der Waals surface area contributed by atoms with E-state index in [9.17, 15) is 13.2 Å². The van der Waals surface area contributed by atoms with Crippen LogP contribution in [0.5, 0.6) is 0 Å². The van der Waals surface area contributed by atoms with Crippen LogP contribution in [0, 0.1) is 6.92 Å². The number of alkyl halides is 3. The number of aromatic nitrogens is 2. The quantitative estimate of drug-likeness (QED) is 0.785. The molecule has 0 aliphatic carbocycles. The normalized spacial score (nSPS) is 12.1. The predicted molar refractivity (Wildman–Crippen MR) is 50.3 cm³/mol. The van der Waals surface area contributed by atoms with Gasteiger partial charge in [0.15, 0.2) is 0 Å². The van der Waals surface area contributed by atoms with E-state index in [0.717, 1.165) is 11.3 Å². The van der Waals surface area contributed by atoms with Crippen molar-refractivity contribution >= 4 is 0 Å². The number of halogens is 3. The number of nitrogens with zero attached hydrogens (tertiary/aromatic N) is 2. The fourth-order valence-electron chi connectivity index (χ4n) is 1.28. The van der Waals surface area contributed by atoms with E-state index in [4.69, 9.17) is 0 Å². The zero-order valence-corrected chi connectivity index (χ0v) is 8.73. The Balaban J connectivity index is 2.29. The van der Waals surface area contributed by atoms with Crippen LogP contribution in [-0.2, 0) is 13.6 Å². The molecule has 0 spiro atoms. The Morgan fingerprint density at radius 1 is 1.47 bits per heavy atom. The van der Waals surface area contributed by atoms with Crippen LogP contribution in [-0.4, -0.2) is 22.5 Å². The van der Waals surface area contributed by atoms with Crippen LogP contribution in [0.3, 0.4) is 0 Å². The average molecular weight is 221 g/mol. The molecule has 0 unspecified atom stereocenters. The van der Waals surface area contributed by atoms with Crippen molar-refractivity contribution in [2.75, 3.05) is 6.54 Å². The highest BCUT2D eigenvalue weighted by Gasteiger charge is 2.25. The van der Waals surface area contributed by atoms with E-state index in [1.54, 1.807) is 17.9 Å². The summed E-state index contributed by atoms with van der Waals surface area (Å²) in [6.45, 7) is 2.20. The van der Waals surface area contributed by atoms with E-state index in [0.29, 0.717) is 6.54 Å². The van der Waals surface area contributed by atoms with Crippen molar-refractivity contribution in [3.8, 4) is 0 Å². The first-order chi connectivity index (χ1) is 6.88. The van der Waals surface area contributed by atoms with Gasteiger partial charge in [-0.05, 0) is 6.92 Å². The lowest BCUT2D eigenvalue weighted by Crippen LogP contribution is -2.21. The second-order valence-corrected chi connectivity index (χ2v) is 3.46. The van der Waals surface area contributed by atoms with Gasteiger partial charge in [-0.15, -0.1) is 0 Å². The van der Waals surface area contributed by atoms with Crippen molar-refractivity contribution in [3.63, 3.8) is 0 Å². The molecule has 1 aromatic rings. The summed E-state index contributed by atoms with van der Waals surface area (Å²) in [7, 11) is 1.78. The Bertz CT molecular complexity index is 317. The van der Waals surface area contributed by atoms with E-state index >= 15 is 0 Å². The van der Waals surface area contributed by atoms with Crippen molar-refractivity contribution in [3.05, 3.63) is 17.5 Å². The minimum Gasteiger partial charge on any atom is -0.312 e. The Morgan fingerprint density at radius 3 is 2.60 bits per heavy atom. The number of nitrogens with one attached hydrogen (secondary N) is 1. The molecule has 0 radical (unpaired) electrons. The molecule has 1 heterocycles. The Hall–Kier alpha value is -1.04. The molecule has 6 heteroatoms. The van der Waals surface area contributed by atoms with Crippen LogP contribution < -0.4 is 5.32 Å². The zero-order valence-electron chi connectivity index (χ0n) is 8.73. The van der Waals surface area contributed by atoms with Crippen molar-refractivity contribution in [2.24, 2.45) is 7.05 Å². The van der Waals surface area contributed by atoms with Crippen LogP contribution in [0.2, 0.25) is 0 Å². The Kier molecular flexibility index (Phi) is 3.73. The van der Waals surface area contributed by atoms with E-state index in [1.165, 1.54) is 0 Å². The summed E-state index contributed by atoms with van der Waals surface area (Å²) in [6, 6.07) is 0. The third-order valence-corrected chi connectivity index (χ3v) is 2.02. The van der Waals surface area contributed by atoms with Gasteiger partial charge in [-0.3, -0.25) is 4.68 Å². The second-order valence-electron chi connectivity index (χ2n) is 3.46. The van der Waals surface area contributed by atoms with Gasteiger partial charge >= 0.3 is 6.18 Å². The molecular weight excluding hydrogens is 207 g/mol. The molecule has 0 atom stereocenters. The van der Waals surface area contributed by atoms with Crippen LogP contribution >= 0.6 is 0 Å². The van der Waals surface area contributed by atoms with Crippen LogP contribution in [0.4, 0.5) is 13.2 Å². The third kappa shape index (κ3) is 4.33. The van der Waals surface area contributed by atoms with Crippen LogP contribution in [0.25, 0.3) is 0 Å². The molecule has 0 amide bonds. The summed E-state index contributed by atoms with van der Waals surface area (Å²) in [6.07, 6.45) is -3.08. The minimum absolute atomic E-state index is 0.0577. The number of aryl methyl sites for hydroxylation is 2. The molecule has 3 nitrogen and oxygen atoms in total. The fourth-order valence-corrected chi connectivity index (χ4v) is 1.28. The summed E-state index contributed by atoms with van der Waals surface area (Å²) < 4.78 is 37.1. The summed E-state index contributed by atoms with van der Waals surface area (Å²) in [5.41, 5.74) is 1.77. The lowest BCUT2D eigenvalue weighted by atomic mass is 10.2. The monoisotopic (exact) mass is 221 g/mol. The zero-order chi connectivity index (χ0) is 11.5. The van der Waals surface area contributed by atoms with Gasteiger partial charge in [0.25, 0.3) is 0 Å². The molecule has 0 aliphatic heterocycles. The topological polar surface area (TPSA) is 29.9 Å². The highest BCUT2D eigenvalue weighted by molar-refractivity contribution is 5.14. The van der Waals surface area contributed by atoms with Gasteiger partial charge < -0.3 is 5.32 Å². The fraction of sp³-hybridized carbons (Fsp3) is 0.667. The van der Waals surface area contributed by atoms with E-state index in [-0.39, 0.29) is 6.54 Å². The Morgan fingerprint density at radius 2 is 2.13 bits per heavy atom. The molecule has 15 heavy (non-hydrogen) atoms. The van der Waals surface area contributed by atoms with E-state index in [2.05, 4.69) is 10.4 Å². The van der Waals surface area contributed by atoms with Gasteiger partial charge in [-0.2, -0.15) is 18.3 Å². The maximum absolute atomic E-state index is 11.8. The average Bonchev–Trinajstić information content (AvgIpc) is 2.37. The molecule has 1 aromatic heterocycles. The minimum atomic E-state index is -4.09. The van der Waals surface area contributed by atoms with Gasteiger partial charge in [0.1, 0.15) is 0 Å². The van der Waals surface area contributed by atoms with E-state index < -0.39 is 12.6 Å². The number of rotatable bonds is 4. The van der Waals surface area contributed by atoms with Crippen molar-refractivity contribution < 1.29 is 13.2 Å². The Labute approximate surface area is 86.3 Å². The predicted octanol–water partition coefficient (Wildman–Crippen LogP) is 1.77. The number of hydrogen-bond donors (Lipinski definition) is 1. The van der Waals surface area contributed by atoms with Gasteiger partial charge in [-0.1, -0.05) is 0 Å². The third-order valence-electron chi connectivity index (χ3n) is 2.02. The molecule has 0 saturated carbocycles. The maximum Gasteiger partial charge on any atom is 0.390 e. The molecule has 0 bridgehead atoms. The van der Waals surface area contributed by atoms with Crippen molar-refractivity contribution in [2.45, 2.75) is 26.1 Å². The van der Waals surface area contributed by atoms with Crippen molar-refractivity contribution in [1.29, 1.82) is 0 Å². The van der Waals surface area contributed by atoms with Crippen LogP contribution in [0.1, 0.15) is 17.7 Å². The molecule has 0 aromatic carbocycles. The molecular formula is C9H14F3N3. The smallest absolute Gasteiger partial charge is 0.312 e. The molecule has 1 N–H and O–H groups in total. The van der Waals surface area contributed by atoms with E-state index in [1.807, 2.05) is 6.92 Å². The van der Waals surface area contributed by atoms with Crippen LogP contribution in [0.15, 0.2) is 6.20 Å². The molecule has 0 fully saturated rings. The highest BCUT2D eigenvalue weighted by atomic mass is 19.4. The van der Waals surface area contributed by atoms with Gasteiger partial charge in [0.05, 0.1) is 12.1 Å². The first-order valence-corrected chi connectivity index (χ1v) is 4.65.